The summed E-state index contributed by atoms with van der Waals surface area (Å²) in [6.45, 7) is 5.51. The molecule has 2 aromatic heterocycles. The second-order valence-corrected chi connectivity index (χ2v) is 8.07. The highest BCUT2D eigenvalue weighted by molar-refractivity contribution is 9.10. The Hall–Kier alpha value is -3.52. The number of carbonyl (C=O) groups excluding carboxylic acids is 1. The first-order chi connectivity index (χ1) is 14.8. The first kappa shape index (κ1) is 20.7. The van der Waals surface area contributed by atoms with Crippen LogP contribution in [0.5, 0.6) is 0 Å². The van der Waals surface area contributed by atoms with Crippen molar-refractivity contribution in [2.24, 2.45) is 5.10 Å². The van der Waals surface area contributed by atoms with Gasteiger partial charge in [0.1, 0.15) is 5.82 Å². The first-order valence-electron chi connectivity index (χ1n) is 9.64. The Morgan fingerprint density at radius 2 is 1.84 bits per heavy atom. The average Bonchev–Trinajstić information content (AvgIpc) is 3.02. The average molecular weight is 478 g/mol. The van der Waals surface area contributed by atoms with Crippen LogP contribution >= 0.6 is 15.9 Å². The van der Waals surface area contributed by atoms with E-state index >= 15 is 0 Å². The van der Waals surface area contributed by atoms with Crippen LogP contribution in [0.4, 0.5) is 0 Å². The highest BCUT2D eigenvalue weighted by atomic mass is 79.9. The van der Waals surface area contributed by atoms with Gasteiger partial charge >= 0.3 is 0 Å². The van der Waals surface area contributed by atoms with Crippen LogP contribution in [0.2, 0.25) is 0 Å². The van der Waals surface area contributed by atoms with Crippen molar-refractivity contribution in [1.82, 2.24) is 14.3 Å². The monoisotopic (exact) mass is 477 g/mol. The standard InChI is InChI=1S/C23H20BrN5O2/c1-14-11-18(15(2)28(14)27-22(30)17-7-5-4-6-8-17)13-25-29-16(3)26-21-10-9-19(24)12-20(21)23(29)31/h4-13H,1-3H3,(H,27,30). The smallest absolute Gasteiger partial charge is 0.267 e. The summed E-state index contributed by atoms with van der Waals surface area (Å²) < 4.78 is 3.79. The van der Waals surface area contributed by atoms with Crippen LogP contribution in [-0.2, 0) is 0 Å². The molecule has 0 saturated heterocycles. The lowest BCUT2D eigenvalue weighted by Gasteiger charge is -2.11. The number of carbonyl (C=O) groups is 1. The Morgan fingerprint density at radius 1 is 1.10 bits per heavy atom. The van der Waals surface area contributed by atoms with Gasteiger partial charge in [0.25, 0.3) is 11.5 Å². The molecule has 31 heavy (non-hydrogen) atoms. The van der Waals surface area contributed by atoms with E-state index in [1.807, 2.05) is 44.2 Å². The number of rotatable bonds is 4. The Labute approximate surface area is 187 Å². The third-order valence-corrected chi connectivity index (χ3v) is 5.50. The molecule has 0 aliphatic rings. The van der Waals surface area contributed by atoms with E-state index in [4.69, 9.17) is 0 Å². The lowest BCUT2D eigenvalue weighted by molar-refractivity contribution is 0.101. The van der Waals surface area contributed by atoms with Gasteiger partial charge in [0, 0.05) is 27.0 Å². The molecule has 2 heterocycles. The van der Waals surface area contributed by atoms with E-state index in [9.17, 15) is 9.59 Å². The Kier molecular flexibility index (Phi) is 5.56. The molecule has 4 rings (SSSR count). The number of nitrogens with zero attached hydrogens (tertiary/aromatic N) is 4. The fraction of sp³-hybridized carbons (Fsp3) is 0.130. The molecular formula is C23H20BrN5O2. The summed E-state index contributed by atoms with van der Waals surface area (Å²) in [5.41, 5.74) is 6.27. The molecule has 0 spiro atoms. The summed E-state index contributed by atoms with van der Waals surface area (Å²) in [6.07, 6.45) is 1.60. The number of aryl methyl sites for hydroxylation is 2. The van der Waals surface area contributed by atoms with Crippen molar-refractivity contribution in [3.63, 3.8) is 0 Å². The molecule has 1 N–H and O–H groups in total. The molecule has 0 unspecified atom stereocenters. The predicted octanol–water partition coefficient (Wildman–Crippen LogP) is 4.15. The van der Waals surface area contributed by atoms with Crippen molar-refractivity contribution in [2.45, 2.75) is 20.8 Å². The topological polar surface area (TPSA) is 81.3 Å². The quantitative estimate of drug-likeness (QED) is 0.448. The van der Waals surface area contributed by atoms with Crippen LogP contribution in [0.15, 0.2) is 69.0 Å². The van der Waals surface area contributed by atoms with Gasteiger partial charge < -0.3 is 0 Å². The van der Waals surface area contributed by atoms with E-state index in [0.29, 0.717) is 22.3 Å². The van der Waals surface area contributed by atoms with Crippen LogP contribution < -0.4 is 11.0 Å². The molecule has 1 amide bonds. The molecular weight excluding hydrogens is 458 g/mol. The van der Waals surface area contributed by atoms with E-state index in [2.05, 4.69) is 31.4 Å². The molecule has 8 heteroatoms. The maximum atomic E-state index is 12.9. The number of hydrogen-bond acceptors (Lipinski definition) is 4. The Bertz CT molecular complexity index is 1390. The highest BCUT2D eigenvalue weighted by Crippen LogP contribution is 2.16. The Morgan fingerprint density at radius 3 is 2.58 bits per heavy atom. The number of halogens is 1. The van der Waals surface area contributed by atoms with Crippen LogP contribution in [0.25, 0.3) is 10.9 Å². The molecule has 0 atom stereocenters. The van der Waals surface area contributed by atoms with Gasteiger partial charge in [-0.3, -0.25) is 19.7 Å². The van der Waals surface area contributed by atoms with Crippen LogP contribution in [0.1, 0.15) is 33.1 Å². The van der Waals surface area contributed by atoms with Crippen molar-refractivity contribution in [2.75, 3.05) is 5.43 Å². The van der Waals surface area contributed by atoms with Crippen molar-refractivity contribution in [3.8, 4) is 0 Å². The van der Waals surface area contributed by atoms with Gasteiger partial charge in [0.2, 0.25) is 0 Å². The lowest BCUT2D eigenvalue weighted by atomic mass is 10.2. The fourth-order valence-corrected chi connectivity index (χ4v) is 3.72. The normalized spacial score (nSPS) is 11.4. The number of nitrogens with one attached hydrogen (secondary N) is 1. The third-order valence-electron chi connectivity index (χ3n) is 5.00. The number of hydrogen-bond donors (Lipinski definition) is 1. The zero-order valence-electron chi connectivity index (χ0n) is 17.3. The summed E-state index contributed by atoms with van der Waals surface area (Å²) >= 11 is 3.39. The van der Waals surface area contributed by atoms with Crippen molar-refractivity contribution in [3.05, 3.63) is 97.8 Å². The largest absolute Gasteiger partial charge is 0.282 e. The zero-order valence-corrected chi connectivity index (χ0v) is 18.8. The minimum absolute atomic E-state index is 0.206. The summed E-state index contributed by atoms with van der Waals surface area (Å²) in [6, 6.07) is 16.3. The van der Waals surface area contributed by atoms with Crippen LogP contribution in [0.3, 0.4) is 0 Å². The molecule has 0 aliphatic carbocycles. The summed E-state index contributed by atoms with van der Waals surface area (Å²) in [7, 11) is 0. The van der Waals surface area contributed by atoms with E-state index in [1.54, 1.807) is 42.1 Å². The van der Waals surface area contributed by atoms with E-state index in [1.165, 1.54) is 4.68 Å². The molecule has 0 saturated carbocycles. The van der Waals surface area contributed by atoms with Gasteiger partial charge in [0.05, 0.1) is 17.1 Å². The molecule has 2 aromatic carbocycles. The van der Waals surface area contributed by atoms with Crippen molar-refractivity contribution < 1.29 is 4.79 Å². The predicted molar refractivity (Wildman–Crippen MR) is 125 cm³/mol. The summed E-state index contributed by atoms with van der Waals surface area (Å²) in [5, 5.41) is 4.87. The second-order valence-electron chi connectivity index (χ2n) is 7.15. The Balaban J connectivity index is 1.67. The molecule has 0 fully saturated rings. The van der Waals surface area contributed by atoms with Crippen molar-refractivity contribution >= 4 is 39.0 Å². The SMILES string of the molecule is Cc1cc(C=Nn2c(C)nc3ccc(Br)cc3c2=O)c(C)n1NC(=O)c1ccccc1. The minimum Gasteiger partial charge on any atom is -0.267 e. The van der Waals surface area contributed by atoms with Gasteiger partial charge in [-0.25, -0.2) is 4.98 Å². The van der Waals surface area contributed by atoms with Gasteiger partial charge in [-0.1, -0.05) is 34.1 Å². The van der Waals surface area contributed by atoms with Gasteiger partial charge in [0.15, 0.2) is 0 Å². The number of amides is 1. The summed E-state index contributed by atoms with van der Waals surface area (Å²) in [4.78, 5) is 29.9. The summed E-state index contributed by atoms with van der Waals surface area (Å²) in [5.74, 6) is 0.282. The van der Waals surface area contributed by atoms with Crippen molar-refractivity contribution in [1.29, 1.82) is 0 Å². The van der Waals surface area contributed by atoms with E-state index in [0.717, 1.165) is 21.4 Å². The molecule has 0 aliphatic heterocycles. The minimum atomic E-state index is -0.244. The number of fused-ring (bicyclic) bond motifs is 1. The van der Waals surface area contributed by atoms with Gasteiger partial charge in [-0.15, -0.1) is 0 Å². The highest BCUT2D eigenvalue weighted by Gasteiger charge is 2.13. The second kappa shape index (κ2) is 8.31. The zero-order chi connectivity index (χ0) is 22.1. The maximum absolute atomic E-state index is 12.9. The molecule has 4 aromatic rings. The lowest BCUT2D eigenvalue weighted by Crippen LogP contribution is -2.24. The molecule has 7 nitrogen and oxygen atoms in total. The van der Waals surface area contributed by atoms with E-state index < -0.39 is 0 Å². The van der Waals surface area contributed by atoms with Crippen LogP contribution in [-0.4, -0.2) is 26.5 Å². The van der Waals surface area contributed by atoms with Crippen LogP contribution in [0, 0.1) is 20.8 Å². The molecule has 0 radical (unpaired) electrons. The van der Waals surface area contributed by atoms with E-state index in [-0.39, 0.29) is 11.5 Å². The third kappa shape index (κ3) is 4.06. The molecule has 156 valence electrons. The molecule has 0 bridgehead atoms. The van der Waals surface area contributed by atoms with Gasteiger partial charge in [-0.2, -0.15) is 9.78 Å². The van der Waals surface area contributed by atoms with Gasteiger partial charge in [-0.05, 0) is 57.2 Å². The number of benzene rings is 2. The number of aromatic nitrogens is 3. The fourth-order valence-electron chi connectivity index (χ4n) is 3.36. The maximum Gasteiger partial charge on any atom is 0.282 e. The first-order valence-corrected chi connectivity index (χ1v) is 10.4.